The summed E-state index contributed by atoms with van der Waals surface area (Å²) in [5, 5.41) is 3.44. The van der Waals surface area contributed by atoms with Gasteiger partial charge in [0.15, 0.2) is 0 Å². The third-order valence-electron chi connectivity index (χ3n) is 2.82. The minimum atomic E-state index is 0.107. The summed E-state index contributed by atoms with van der Waals surface area (Å²) >= 11 is 3.59. The van der Waals surface area contributed by atoms with Crippen LogP contribution in [0.1, 0.15) is 32.0 Å². The third-order valence-corrected chi connectivity index (χ3v) is 3.47. The number of imidazole rings is 1. The molecule has 0 bridgehead atoms. The van der Waals surface area contributed by atoms with Gasteiger partial charge in [0.1, 0.15) is 5.82 Å². The molecule has 2 aromatic rings. The van der Waals surface area contributed by atoms with Crippen molar-refractivity contribution in [1.29, 1.82) is 0 Å². The van der Waals surface area contributed by atoms with E-state index in [4.69, 9.17) is 0 Å². The van der Waals surface area contributed by atoms with Crippen molar-refractivity contribution in [1.82, 2.24) is 15.3 Å². The van der Waals surface area contributed by atoms with E-state index < -0.39 is 0 Å². The zero-order valence-corrected chi connectivity index (χ0v) is 13.4. The molecule has 4 heteroatoms. The highest BCUT2D eigenvalue weighted by Gasteiger charge is 2.11. The van der Waals surface area contributed by atoms with Gasteiger partial charge in [0.25, 0.3) is 0 Å². The lowest BCUT2D eigenvalue weighted by Gasteiger charge is -2.19. The molecular weight excluding hydrogens is 302 g/mol. The van der Waals surface area contributed by atoms with E-state index in [0.29, 0.717) is 0 Å². The maximum atomic E-state index is 4.45. The van der Waals surface area contributed by atoms with E-state index in [1.807, 2.05) is 6.20 Å². The number of aromatic nitrogens is 2. The van der Waals surface area contributed by atoms with E-state index in [1.165, 1.54) is 5.56 Å². The molecule has 1 aromatic heterocycles. The van der Waals surface area contributed by atoms with E-state index in [2.05, 4.69) is 77.1 Å². The largest absolute Gasteiger partial charge is 0.341 e. The van der Waals surface area contributed by atoms with Crippen molar-refractivity contribution in [2.24, 2.45) is 0 Å². The Bertz CT molecular complexity index is 567. The molecule has 0 radical (unpaired) electrons. The predicted molar refractivity (Wildman–Crippen MR) is 83.1 cm³/mol. The van der Waals surface area contributed by atoms with Crippen LogP contribution in [0, 0.1) is 6.92 Å². The first-order valence-electron chi connectivity index (χ1n) is 6.40. The summed E-state index contributed by atoms with van der Waals surface area (Å²) in [6, 6.07) is 6.28. The first-order valence-corrected chi connectivity index (χ1v) is 7.20. The number of H-pyrrole nitrogens is 1. The summed E-state index contributed by atoms with van der Waals surface area (Å²) in [5.41, 5.74) is 3.53. The first kappa shape index (κ1) is 14.3. The lowest BCUT2D eigenvalue weighted by Crippen LogP contribution is -2.35. The molecule has 0 atom stereocenters. The summed E-state index contributed by atoms with van der Waals surface area (Å²) in [4.78, 5) is 7.81. The summed E-state index contributed by atoms with van der Waals surface area (Å²) in [7, 11) is 0. The van der Waals surface area contributed by atoms with Crippen LogP contribution >= 0.6 is 15.9 Å². The fourth-order valence-corrected chi connectivity index (χ4v) is 2.44. The molecule has 0 amide bonds. The molecular formula is C15H20BrN3. The average Bonchev–Trinajstić information content (AvgIpc) is 2.74. The molecule has 19 heavy (non-hydrogen) atoms. The van der Waals surface area contributed by atoms with Gasteiger partial charge in [0, 0.05) is 34.0 Å². The van der Waals surface area contributed by atoms with E-state index in [1.54, 1.807) is 0 Å². The van der Waals surface area contributed by atoms with Gasteiger partial charge in [0.05, 0.1) is 0 Å². The second kappa shape index (κ2) is 5.47. The molecule has 0 fully saturated rings. The van der Waals surface area contributed by atoms with Crippen LogP contribution in [0.2, 0.25) is 0 Å². The average molecular weight is 322 g/mol. The van der Waals surface area contributed by atoms with Gasteiger partial charge in [-0.1, -0.05) is 22.0 Å². The minimum Gasteiger partial charge on any atom is -0.341 e. The van der Waals surface area contributed by atoms with Crippen molar-refractivity contribution in [2.75, 3.05) is 0 Å². The Hall–Kier alpha value is -1.13. The van der Waals surface area contributed by atoms with Gasteiger partial charge >= 0.3 is 0 Å². The molecule has 0 saturated heterocycles. The fraction of sp³-hybridized carbons (Fsp3) is 0.400. The van der Waals surface area contributed by atoms with Crippen LogP contribution in [-0.4, -0.2) is 15.5 Å². The number of rotatable bonds is 3. The van der Waals surface area contributed by atoms with Crippen LogP contribution < -0.4 is 5.32 Å². The lowest BCUT2D eigenvalue weighted by atomic mass is 10.1. The monoisotopic (exact) mass is 321 g/mol. The number of benzene rings is 1. The smallest absolute Gasteiger partial charge is 0.138 e. The molecule has 0 aliphatic rings. The van der Waals surface area contributed by atoms with Crippen molar-refractivity contribution in [3.63, 3.8) is 0 Å². The Balaban J connectivity index is 2.16. The Morgan fingerprint density at radius 2 is 2.05 bits per heavy atom. The maximum absolute atomic E-state index is 4.45. The van der Waals surface area contributed by atoms with Gasteiger partial charge in [-0.15, -0.1) is 0 Å². The van der Waals surface area contributed by atoms with Gasteiger partial charge < -0.3 is 10.3 Å². The fourth-order valence-electron chi connectivity index (χ4n) is 1.76. The molecule has 0 unspecified atom stereocenters. The highest BCUT2D eigenvalue weighted by Crippen LogP contribution is 2.26. The van der Waals surface area contributed by atoms with Crippen molar-refractivity contribution < 1.29 is 0 Å². The summed E-state index contributed by atoms with van der Waals surface area (Å²) in [6.07, 6.45) is 1.89. The van der Waals surface area contributed by atoms with Gasteiger partial charge in [-0.3, -0.25) is 0 Å². The minimum absolute atomic E-state index is 0.107. The van der Waals surface area contributed by atoms with Crippen molar-refractivity contribution in [3.8, 4) is 11.4 Å². The third kappa shape index (κ3) is 3.91. The van der Waals surface area contributed by atoms with Crippen LogP contribution in [-0.2, 0) is 6.54 Å². The number of hydrogen-bond acceptors (Lipinski definition) is 2. The number of aryl methyl sites for hydroxylation is 1. The first-order chi connectivity index (χ1) is 8.85. The molecule has 1 heterocycles. The van der Waals surface area contributed by atoms with Crippen LogP contribution in [0.5, 0.6) is 0 Å². The van der Waals surface area contributed by atoms with Crippen LogP contribution in [0.3, 0.4) is 0 Å². The highest BCUT2D eigenvalue weighted by atomic mass is 79.9. The molecule has 1 aromatic carbocycles. The van der Waals surface area contributed by atoms with Crippen LogP contribution in [0.15, 0.2) is 28.9 Å². The number of hydrogen-bond donors (Lipinski definition) is 2. The highest BCUT2D eigenvalue weighted by molar-refractivity contribution is 9.10. The molecule has 2 rings (SSSR count). The van der Waals surface area contributed by atoms with Crippen LogP contribution in [0.25, 0.3) is 11.4 Å². The standard InChI is InChI=1S/C15H20BrN3/c1-10-5-6-12(13(16)7-10)14-17-8-11(19-14)9-18-15(2,3)4/h5-8,18H,9H2,1-4H3,(H,17,19). The second-order valence-corrected chi connectivity index (χ2v) is 6.70. The summed E-state index contributed by atoms with van der Waals surface area (Å²) < 4.78 is 1.07. The number of halogens is 1. The maximum Gasteiger partial charge on any atom is 0.138 e. The van der Waals surface area contributed by atoms with Gasteiger partial charge in [-0.2, -0.15) is 0 Å². The van der Waals surface area contributed by atoms with E-state index in [0.717, 1.165) is 28.1 Å². The van der Waals surface area contributed by atoms with E-state index >= 15 is 0 Å². The van der Waals surface area contributed by atoms with Gasteiger partial charge in [0.2, 0.25) is 0 Å². The Labute approximate surface area is 123 Å². The molecule has 2 N–H and O–H groups in total. The van der Waals surface area contributed by atoms with Crippen molar-refractivity contribution in [2.45, 2.75) is 39.8 Å². The number of nitrogens with zero attached hydrogens (tertiary/aromatic N) is 1. The Kier molecular flexibility index (Phi) is 4.11. The van der Waals surface area contributed by atoms with Gasteiger partial charge in [-0.05, 0) is 45.4 Å². The summed E-state index contributed by atoms with van der Waals surface area (Å²) in [5.74, 6) is 0.901. The van der Waals surface area contributed by atoms with Crippen molar-refractivity contribution >= 4 is 15.9 Å². The normalized spacial score (nSPS) is 11.8. The molecule has 0 aliphatic heterocycles. The SMILES string of the molecule is Cc1ccc(-c2ncc(CNC(C)(C)C)[nH]2)c(Br)c1. The molecule has 102 valence electrons. The molecule has 0 aliphatic carbocycles. The molecule has 0 spiro atoms. The lowest BCUT2D eigenvalue weighted by molar-refractivity contribution is 0.422. The van der Waals surface area contributed by atoms with E-state index in [-0.39, 0.29) is 5.54 Å². The number of aromatic amines is 1. The quantitative estimate of drug-likeness (QED) is 0.895. The number of nitrogens with one attached hydrogen (secondary N) is 2. The zero-order chi connectivity index (χ0) is 14.0. The Morgan fingerprint density at radius 1 is 1.32 bits per heavy atom. The van der Waals surface area contributed by atoms with Gasteiger partial charge in [-0.25, -0.2) is 4.98 Å². The summed E-state index contributed by atoms with van der Waals surface area (Å²) in [6.45, 7) is 9.33. The molecule has 3 nitrogen and oxygen atoms in total. The topological polar surface area (TPSA) is 40.7 Å². The Morgan fingerprint density at radius 3 is 2.68 bits per heavy atom. The van der Waals surface area contributed by atoms with Crippen molar-refractivity contribution in [3.05, 3.63) is 40.1 Å². The second-order valence-electron chi connectivity index (χ2n) is 5.84. The predicted octanol–water partition coefficient (Wildman–Crippen LogP) is 4.04. The van der Waals surface area contributed by atoms with Crippen LogP contribution in [0.4, 0.5) is 0 Å². The van der Waals surface area contributed by atoms with E-state index in [9.17, 15) is 0 Å². The zero-order valence-electron chi connectivity index (χ0n) is 11.8. The molecule has 0 saturated carbocycles.